The molecule has 0 fully saturated rings. The van der Waals surface area contributed by atoms with Gasteiger partial charge in [0.2, 0.25) is 0 Å². The van der Waals surface area contributed by atoms with E-state index >= 15 is 26.3 Å². The first-order valence-electron chi connectivity index (χ1n) is 12.6. The van der Waals surface area contributed by atoms with Crippen LogP contribution in [0, 0.1) is 13.8 Å². The van der Waals surface area contributed by atoms with Crippen molar-refractivity contribution in [1.82, 2.24) is 9.97 Å². The van der Waals surface area contributed by atoms with Crippen molar-refractivity contribution in [2.24, 2.45) is 0 Å². The molecular weight excluding hydrogens is 647 g/mol. The lowest BCUT2D eigenvalue weighted by Gasteiger charge is -2.26. The monoisotopic (exact) mass is 664 g/mol. The minimum atomic E-state index is -5.66. The van der Waals surface area contributed by atoms with Crippen LogP contribution in [0.1, 0.15) is 20.9 Å². The molecule has 4 aromatic heterocycles. The first kappa shape index (κ1) is 28.3. The number of nitrogen functional groups attached to an aromatic ring is 2. The normalized spacial score (nSPS) is 17.5. The van der Waals surface area contributed by atoms with E-state index in [0.717, 1.165) is 22.7 Å². The lowest BCUT2D eigenvalue weighted by Crippen LogP contribution is -2.48. The second kappa shape index (κ2) is 9.27. The second-order valence-corrected chi connectivity index (χ2v) is 14.4. The van der Waals surface area contributed by atoms with E-state index in [1.54, 1.807) is 35.0 Å². The van der Waals surface area contributed by atoms with Crippen LogP contribution in [0.3, 0.4) is 0 Å². The molecule has 0 spiro atoms. The Labute approximate surface area is 255 Å². The van der Waals surface area contributed by atoms with Crippen molar-refractivity contribution in [1.29, 1.82) is 0 Å². The SMILES string of the molecule is Cc1sc2cc(-c3csc(N)n3)ccc2c1C1=C(c2c(C)sc3cc(-c4csc(N)n4)ccc23)C(F)(F)C(F)(F)C1(F)F. The Morgan fingerprint density at radius 3 is 1.37 bits per heavy atom. The number of aryl methyl sites for hydroxylation is 2. The number of halogens is 6. The van der Waals surface area contributed by atoms with E-state index in [4.69, 9.17) is 11.5 Å². The summed E-state index contributed by atoms with van der Waals surface area (Å²) in [6.07, 6.45) is 0. The number of nitrogens with zero attached hydrogens (tertiary/aromatic N) is 2. The number of benzene rings is 2. The molecular formula is C29H18F6N4S4. The molecule has 0 aliphatic heterocycles. The smallest absolute Gasteiger partial charge is 0.375 e. The van der Waals surface area contributed by atoms with Crippen LogP contribution in [0.5, 0.6) is 0 Å². The fourth-order valence-electron chi connectivity index (χ4n) is 5.61. The molecule has 0 radical (unpaired) electrons. The van der Waals surface area contributed by atoms with E-state index in [9.17, 15) is 0 Å². The zero-order valence-corrected chi connectivity index (χ0v) is 25.3. The van der Waals surface area contributed by atoms with Crippen LogP contribution in [0.15, 0.2) is 47.2 Å². The van der Waals surface area contributed by atoms with Crippen LogP contribution >= 0.6 is 45.3 Å². The third-order valence-corrected chi connectivity index (χ3v) is 11.0. The van der Waals surface area contributed by atoms with Gasteiger partial charge in [0.15, 0.2) is 10.3 Å². The summed E-state index contributed by atoms with van der Waals surface area (Å²) in [4.78, 5) is 8.89. The van der Waals surface area contributed by atoms with Crippen LogP contribution < -0.4 is 11.5 Å². The van der Waals surface area contributed by atoms with Crippen molar-refractivity contribution in [2.45, 2.75) is 31.6 Å². The third-order valence-electron chi connectivity index (χ3n) is 7.53. The van der Waals surface area contributed by atoms with Crippen LogP contribution in [-0.2, 0) is 0 Å². The van der Waals surface area contributed by atoms with Gasteiger partial charge in [-0.2, -0.15) is 26.3 Å². The minimum Gasteiger partial charge on any atom is -0.375 e. The molecule has 4 nitrogen and oxygen atoms in total. The number of thiazole rings is 2. The maximum absolute atomic E-state index is 15.8. The summed E-state index contributed by atoms with van der Waals surface area (Å²) in [7, 11) is 0. The molecule has 7 rings (SSSR count). The van der Waals surface area contributed by atoms with Crippen molar-refractivity contribution < 1.29 is 26.3 Å². The summed E-state index contributed by atoms with van der Waals surface area (Å²) in [5.41, 5.74) is 10.5. The number of thiophene rings is 2. The van der Waals surface area contributed by atoms with E-state index < -0.39 is 28.9 Å². The van der Waals surface area contributed by atoms with Gasteiger partial charge in [-0.3, -0.25) is 0 Å². The van der Waals surface area contributed by atoms with Gasteiger partial charge in [0.1, 0.15) is 0 Å². The summed E-state index contributed by atoms with van der Waals surface area (Å²) in [5.74, 6) is -16.0. The number of hydrogen-bond acceptors (Lipinski definition) is 8. The van der Waals surface area contributed by atoms with Gasteiger partial charge in [-0.05, 0) is 26.0 Å². The van der Waals surface area contributed by atoms with E-state index in [2.05, 4.69) is 9.97 Å². The number of hydrogen-bond donors (Lipinski definition) is 2. The summed E-state index contributed by atoms with van der Waals surface area (Å²) in [6.45, 7) is 2.94. The Bertz CT molecular complexity index is 1990. The first-order valence-corrected chi connectivity index (χ1v) is 16.0. The van der Waals surface area contributed by atoms with Crippen LogP contribution in [0.2, 0.25) is 0 Å². The molecule has 220 valence electrons. The molecule has 0 unspecified atom stereocenters. The molecule has 6 aromatic rings. The standard InChI is InChI=1S/C29H18F6N4S4/c1-11-21(15-5-3-13(7-19(15)42-11)17-9-40-25(36)38-17)23-24(28(32,33)29(34,35)27(23,30)31)22-12(2)43-20-8-14(4-6-16(20)22)18-10-41-26(37)39-18/h3-10H,1-2H3,(H2,36,38)(H2,37,39). The quantitative estimate of drug-likeness (QED) is 0.184. The van der Waals surface area contributed by atoms with Crippen molar-refractivity contribution >= 4 is 86.9 Å². The highest BCUT2D eigenvalue weighted by Gasteiger charge is 2.80. The lowest BCUT2D eigenvalue weighted by atomic mass is 9.91. The highest BCUT2D eigenvalue weighted by Crippen LogP contribution is 2.67. The predicted molar refractivity (Wildman–Crippen MR) is 166 cm³/mol. The summed E-state index contributed by atoms with van der Waals surface area (Å²) < 4.78 is 94.8. The molecule has 4 N–H and O–H groups in total. The zero-order valence-electron chi connectivity index (χ0n) is 22.1. The zero-order chi connectivity index (χ0) is 30.6. The number of alkyl halides is 6. The highest BCUT2D eigenvalue weighted by atomic mass is 32.1. The molecule has 14 heteroatoms. The molecule has 4 heterocycles. The number of rotatable bonds is 4. The maximum Gasteiger partial charge on any atom is 0.380 e. The van der Waals surface area contributed by atoms with Crippen LogP contribution in [-0.4, -0.2) is 27.7 Å². The molecule has 1 aliphatic carbocycles. The minimum absolute atomic E-state index is 0.177. The van der Waals surface area contributed by atoms with Gasteiger partial charge in [0.25, 0.3) is 0 Å². The Morgan fingerprint density at radius 2 is 1.02 bits per heavy atom. The number of nitrogens with two attached hydrogens (primary N) is 2. The largest absolute Gasteiger partial charge is 0.380 e. The fraction of sp³-hybridized carbons (Fsp3) is 0.172. The summed E-state index contributed by atoms with van der Waals surface area (Å²) in [6, 6.07) is 9.50. The van der Waals surface area contributed by atoms with Gasteiger partial charge < -0.3 is 11.5 Å². The van der Waals surface area contributed by atoms with Crippen molar-refractivity contribution in [3.05, 3.63) is 68.0 Å². The van der Waals surface area contributed by atoms with Crippen molar-refractivity contribution in [3.8, 4) is 22.5 Å². The summed E-state index contributed by atoms with van der Waals surface area (Å²) >= 11 is 4.58. The number of aromatic nitrogens is 2. The highest BCUT2D eigenvalue weighted by molar-refractivity contribution is 7.20. The lowest BCUT2D eigenvalue weighted by molar-refractivity contribution is -0.254. The van der Waals surface area contributed by atoms with Gasteiger partial charge in [-0.15, -0.1) is 45.3 Å². The van der Waals surface area contributed by atoms with Gasteiger partial charge in [0, 0.05) is 74.1 Å². The van der Waals surface area contributed by atoms with E-state index in [1.165, 1.54) is 48.7 Å². The third kappa shape index (κ3) is 3.92. The Morgan fingerprint density at radius 1 is 0.628 bits per heavy atom. The first-order chi connectivity index (χ1) is 20.2. The van der Waals surface area contributed by atoms with E-state index in [0.29, 0.717) is 42.2 Å². The maximum atomic E-state index is 15.8. The molecule has 0 atom stereocenters. The molecule has 0 amide bonds. The molecule has 1 aliphatic rings. The van der Waals surface area contributed by atoms with Gasteiger partial charge in [-0.25, -0.2) is 9.97 Å². The number of fused-ring (bicyclic) bond motifs is 2. The van der Waals surface area contributed by atoms with Gasteiger partial charge >= 0.3 is 17.8 Å². The topological polar surface area (TPSA) is 77.8 Å². The summed E-state index contributed by atoms with van der Waals surface area (Å²) in [5, 5.41) is 4.48. The average Bonchev–Trinajstić information content (AvgIpc) is 3.72. The Kier molecular flexibility index (Phi) is 6.11. The number of allylic oxidation sites excluding steroid dienone is 2. The molecule has 43 heavy (non-hydrogen) atoms. The van der Waals surface area contributed by atoms with E-state index in [-0.39, 0.29) is 31.7 Å². The average molecular weight is 665 g/mol. The van der Waals surface area contributed by atoms with Crippen LogP contribution in [0.25, 0.3) is 53.8 Å². The Balaban J connectivity index is 1.51. The van der Waals surface area contributed by atoms with E-state index in [1.807, 2.05) is 0 Å². The van der Waals surface area contributed by atoms with Gasteiger partial charge in [0.05, 0.1) is 11.4 Å². The van der Waals surface area contributed by atoms with Crippen LogP contribution in [0.4, 0.5) is 36.6 Å². The molecule has 0 bridgehead atoms. The van der Waals surface area contributed by atoms with Crippen molar-refractivity contribution in [3.63, 3.8) is 0 Å². The predicted octanol–water partition coefficient (Wildman–Crippen LogP) is 9.97. The van der Waals surface area contributed by atoms with Crippen molar-refractivity contribution in [2.75, 3.05) is 11.5 Å². The Hall–Kier alpha value is -3.46. The molecule has 0 saturated carbocycles. The molecule has 2 aromatic carbocycles. The number of anilines is 2. The molecule has 0 saturated heterocycles. The second-order valence-electron chi connectivity index (χ2n) is 10.1. The van der Waals surface area contributed by atoms with Gasteiger partial charge in [-0.1, -0.05) is 24.3 Å². The fourth-order valence-corrected chi connectivity index (χ4v) is 8.97.